The zero-order valence-electron chi connectivity index (χ0n) is 11.3. The fourth-order valence-corrected chi connectivity index (χ4v) is 4.90. The Morgan fingerprint density at radius 2 is 1.45 bits per heavy atom. The predicted octanol–water partition coefficient (Wildman–Crippen LogP) is 3.56. The van der Waals surface area contributed by atoms with Gasteiger partial charge in [-0.2, -0.15) is 0 Å². The van der Waals surface area contributed by atoms with E-state index in [1.807, 2.05) is 24.3 Å². The first kappa shape index (κ1) is 13.1. The molecule has 0 aromatic heterocycles. The van der Waals surface area contributed by atoms with E-state index in [0.717, 1.165) is 6.04 Å². The second-order valence-electron chi connectivity index (χ2n) is 5.10. The SMILES string of the molecule is FC[SiH](Cc1cccc2ccccc12)c1ccccc1. The van der Waals surface area contributed by atoms with Gasteiger partial charge in [0.15, 0.2) is 0 Å². The second kappa shape index (κ2) is 6.01. The highest BCUT2D eigenvalue weighted by molar-refractivity contribution is 6.72. The van der Waals surface area contributed by atoms with Crippen molar-refractivity contribution in [1.82, 2.24) is 0 Å². The third-order valence-corrected chi connectivity index (χ3v) is 6.44. The van der Waals surface area contributed by atoms with E-state index in [1.165, 1.54) is 21.5 Å². The highest BCUT2D eigenvalue weighted by Gasteiger charge is 2.15. The van der Waals surface area contributed by atoms with Gasteiger partial charge >= 0.3 is 0 Å². The number of alkyl halides is 1. The quantitative estimate of drug-likeness (QED) is 0.641. The summed E-state index contributed by atoms with van der Waals surface area (Å²) in [5.74, 6) is 0. The molecule has 2 heteroatoms. The summed E-state index contributed by atoms with van der Waals surface area (Å²) in [5.41, 5.74) is 1.28. The highest BCUT2D eigenvalue weighted by Crippen LogP contribution is 2.19. The molecule has 0 saturated carbocycles. The van der Waals surface area contributed by atoms with Gasteiger partial charge in [0.2, 0.25) is 0 Å². The van der Waals surface area contributed by atoms with Gasteiger partial charge < -0.3 is 0 Å². The van der Waals surface area contributed by atoms with Crippen molar-refractivity contribution in [2.75, 3.05) is 6.30 Å². The lowest BCUT2D eigenvalue weighted by Crippen LogP contribution is -2.35. The van der Waals surface area contributed by atoms with Gasteiger partial charge in [0.05, 0.1) is 6.30 Å². The van der Waals surface area contributed by atoms with E-state index >= 15 is 0 Å². The first-order valence-corrected chi connectivity index (χ1v) is 9.17. The molecule has 100 valence electrons. The Kier molecular flexibility index (Phi) is 3.93. The Hall–Kier alpha value is -1.93. The summed E-state index contributed by atoms with van der Waals surface area (Å²) < 4.78 is 13.5. The van der Waals surface area contributed by atoms with Crippen molar-refractivity contribution >= 4 is 24.8 Å². The molecule has 3 rings (SSSR count). The Balaban J connectivity index is 1.96. The van der Waals surface area contributed by atoms with Gasteiger partial charge in [0.25, 0.3) is 0 Å². The Labute approximate surface area is 120 Å². The largest absolute Gasteiger partial charge is 0.255 e. The van der Waals surface area contributed by atoms with Crippen LogP contribution in [0.1, 0.15) is 5.56 Å². The summed E-state index contributed by atoms with van der Waals surface area (Å²) in [6.45, 7) is 0. The molecule has 20 heavy (non-hydrogen) atoms. The van der Waals surface area contributed by atoms with E-state index in [4.69, 9.17) is 0 Å². The molecule has 0 aliphatic heterocycles. The molecule has 0 spiro atoms. The first-order chi connectivity index (χ1) is 9.88. The minimum Gasteiger partial charge on any atom is -0.255 e. The summed E-state index contributed by atoms with van der Waals surface area (Å²) in [6, 6.07) is 25.7. The van der Waals surface area contributed by atoms with Crippen LogP contribution >= 0.6 is 0 Å². The third kappa shape index (κ3) is 2.65. The lowest BCUT2D eigenvalue weighted by Gasteiger charge is -2.14. The molecule has 0 bridgehead atoms. The molecule has 0 N–H and O–H groups in total. The Bertz CT molecular complexity index is 689. The van der Waals surface area contributed by atoms with Crippen LogP contribution in [0.25, 0.3) is 10.8 Å². The third-order valence-electron chi connectivity index (χ3n) is 3.80. The highest BCUT2D eigenvalue weighted by atomic mass is 28.3. The van der Waals surface area contributed by atoms with E-state index in [9.17, 15) is 4.39 Å². The molecular weight excluding hydrogens is 263 g/mol. The van der Waals surface area contributed by atoms with Crippen LogP contribution < -0.4 is 5.19 Å². The fourth-order valence-electron chi connectivity index (χ4n) is 2.72. The molecule has 0 saturated heterocycles. The first-order valence-electron chi connectivity index (χ1n) is 6.96. The van der Waals surface area contributed by atoms with Crippen LogP contribution in [0.15, 0.2) is 72.8 Å². The predicted molar refractivity (Wildman–Crippen MR) is 86.9 cm³/mol. The molecule has 3 aromatic rings. The monoisotopic (exact) mass is 280 g/mol. The Morgan fingerprint density at radius 1 is 0.750 bits per heavy atom. The molecule has 0 amide bonds. The molecule has 1 atom stereocenters. The minimum absolute atomic E-state index is 0.187. The number of benzene rings is 3. The maximum Gasteiger partial charge on any atom is 0.111 e. The van der Waals surface area contributed by atoms with Crippen LogP contribution in [0, 0.1) is 0 Å². The van der Waals surface area contributed by atoms with Gasteiger partial charge in [-0.15, -0.1) is 0 Å². The van der Waals surface area contributed by atoms with Gasteiger partial charge in [0.1, 0.15) is 8.80 Å². The standard InChI is InChI=1S/C18H17FSi/c19-14-20(17-10-2-1-3-11-17)13-16-9-6-8-15-7-4-5-12-18(15)16/h1-12,20H,13-14H2. The average Bonchev–Trinajstić information content (AvgIpc) is 2.53. The second-order valence-corrected chi connectivity index (χ2v) is 7.88. The smallest absolute Gasteiger partial charge is 0.111 e. The molecule has 3 aromatic carbocycles. The van der Waals surface area contributed by atoms with Crippen LogP contribution in [0.4, 0.5) is 4.39 Å². The van der Waals surface area contributed by atoms with Crippen LogP contribution in [-0.4, -0.2) is 15.1 Å². The van der Waals surface area contributed by atoms with Crippen molar-refractivity contribution in [2.24, 2.45) is 0 Å². The molecule has 0 heterocycles. The lowest BCUT2D eigenvalue weighted by molar-refractivity contribution is 0.588. The summed E-state index contributed by atoms with van der Waals surface area (Å²) >= 11 is 0. The lowest BCUT2D eigenvalue weighted by atomic mass is 10.1. The maximum atomic E-state index is 13.5. The minimum atomic E-state index is -1.57. The molecule has 0 aliphatic carbocycles. The van der Waals surface area contributed by atoms with Gasteiger partial charge in [-0.05, 0) is 22.4 Å². The number of fused-ring (bicyclic) bond motifs is 1. The normalized spacial score (nSPS) is 12.4. The van der Waals surface area contributed by atoms with Crippen molar-refractivity contribution in [1.29, 1.82) is 0 Å². The summed E-state index contributed by atoms with van der Waals surface area (Å²) in [4.78, 5) is 0. The molecule has 0 aliphatic rings. The van der Waals surface area contributed by atoms with Crippen molar-refractivity contribution < 1.29 is 4.39 Å². The van der Waals surface area contributed by atoms with Gasteiger partial charge in [-0.3, -0.25) is 4.39 Å². The number of hydrogen-bond donors (Lipinski definition) is 0. The van der Waals surface area contributed by atoms with Crippen LogP contribution in [0.5, 0.6) is 0 Å². The Morgan fingerprint density at radius 3 is 2.25 bits per heavy atom. The molecule has 0 nitrogen and oxygen atoms in total. The van der Waals surface area contributed by atoms with Gasteiger partial charge in [0, 0.05) is 0 Å². The van der Waals surface area contributed by atoms with Crippen molar-refractivity contribution in [3.05, 3.63) is 78.4 Å². The van der Waals surface area contributed by atoms with Gasteiger partial charge in [-0.25, -0.2) is 0 Å². The van der Waals surface area contributed by atoms with Gasteiger partial charge in [-0.1, -0.05) is 78.0 Å². The van der Waals surface area contributed by atoms with Crippen LogP contribution in [0.3, 0.4) is 0 Å². The summed E-state index contributed by atoms with van der Waals surface area (Å²) in [5, 5.41) is 3.71. The summed E-state index contributed by atoms with van der Waals surface area (Å²) in [6.07, 6.45) is -0.187. The molecule has 0 radical (unpaired) electrons. The van der Waals surface area contributed by atoms with E-state index in [2.05, 4.69) is 48.5 Å². The average molecular weight is 280 g/mol. The fraction of sp³-hybridized carbons (Fsp3) is 0.111. The van der Waals surface area contributed by atoms with Crippen molar-refractivity contribution in [3.63, 3.8) is 0 Å². The molecular formula is C18H17FSi. The van der Waals surface area contributed by atoms with E-state index in [1.54, 1.807) is 0 Å². The van der Waals surface area contributed by atoms with Crippen molar-refractivity contribution in [3.8, 4) is 0 Å². The molecule has 1 unspecified atom stereocenters. The van der Waals surface area contributed by atoms with E-state index < -0.39 is 8.80 Å². The van der Waals surface area contributed by atoms with Crippen molar-refractivity contribution in [2.45, 2.75) is 6.04 Å². The number of rotatable bonds is 4. The molecule has 0 fully saturated rings. The van der Waals surface area contributed by atoms with E-state index in [-0.39, 0.29) is 6.30 Å². The van der Waals surface area contributed by atoms with Crippen LogP contribution in [0.2, 0.25) is 0 Å². The maximum absolute atomic E-state index is 13.5. The number of hydrogen-bond acceptors (Lipinski definition) is 0. The van der Waals surface area contributed by atoms with Crippen LogP contribution in [-0.2, 0) is 6.04 Å². The number of halogens is 1. The van der Waals surface area contributed by atoms with E-state index in [0.29, 0.717) is 0 Å². The topological polar surface area (TPSA) is 0 Å². The zero-order valence-corrected chi connectivity index (χ0v) is 12.5. The zero-order chi connectivity index (χ0) is 13.8. The summed E-state index contributed by atoms with van der Waals surface area (Å²) in [7, 11) is -1.57.